The number of nitrogens with two attached hydrogens (primary N) is 2. The third-order valence-corrected chi connectivity index (χ3v) is 3.84. The van der Waals surface area contributed by atoms with Crippen LogP contribution in [-0.2, 0) is 12.8 Å². The van der Waals surface area contributed by atoms with Crippen LogP contribution in [0.25, 0.3) is 0 Å². The normalized spacial score (nSPS) is 13.5. The predicted molar refractivity (Wildman–Crippen MR) is 82.5 cm³/mol. The second kappa shape index (κ2) is 5.48. The number of carbonyl (C=O) groups is 1. The summed E-state index contributed by atoms with van der Waals surface area (Å²) >= 11 is 0. The van der Waals surface area contributed by atoms with Gasteiger partial charge < -0.3 is 16.2 Å². The Hall–Kier alpha value is -2.49. The summed E-state index contributed by atoms with van der Waals surface area (Å²) in [5.41, 5.74) is 14.7. The molecule has 0 radical (unpaired) electrons. The van der Waals surface area contributed by atoms with Crippen molar-refractivity contribution in [3.05, 3.63) is 53.1 Å². The first-order valence-corrected chi connectivity index (χ1v) is 7.12. The number of ether oxygens (including phenoxy) is 1. The fourth-order valence-corrected chi connectivity index (χ4v) is 2.69. The maximum Gasteiger partial charge on any atom is 0.248 e. The number of hydrogen-bond acceptors (Lipinski definition) is 3. The van der Waals surface area contributed by atoms with Crippen LogP contribution < -0.4 is 16.2 Å². The van der Waals surface area contributed by atoms with Gasteiger partial charge in [-0.15, -0.1) is 0 Å². The Morgan fingerprint density at radius 2 is 1.76 bits per heavy atom. The highest BCUT2D eigenvalue weighted by molar-refractivity contribution is 5.94. The molecule has 0 atom stereocenters. The number of fused-ring (bicyclic) bond motifs is 1. The van der Waals surface area contributed by atoms with Crippen molar-refractivity contribution in [3.63, 3.8) is 0 Å². The number of benzene rings is 2. The summed E-state index contributed by atoms with van der Waals surface area (Å²) in [6.45, 7) is 0. The molecule has 4 N–H and O–H groups in total. The molecule has 0 heterocycles. The predicted octanol–water partition coefficient (Wildman–Crippen LogP) is 3.04. The lowest BCUT2D eigenvalue weighted by Crippen LogP contribution is -2.11. The number of anilines is 1. The first-order valence-electron chi connectivity index (χ1n) is 7.12. The zero-order valence-electron chi connectivity index (χ0n) is 11.8. The molecular formula is C17H18N2O2. The third-order valence-electron chi connectivity index (χ3n) is 3.84. The van der Waals surface area contributed by atoms with Crippen LogP contribution in [-0.4, -0.2) is 5.91 Å². The van der Waals surface area contributed by atoms with Gasteiger partial charge in [-0.2, -0.15) is 0 Å². The summed E-state index contributed by atoms with van der Waals surface area (Å²) in [6, 6.07) is 11.0. The van der Waals surface area contributed by atoms with Crippen molar-refractivity contribution in [2.75, 3.05) is 5.73 Å². The minimum atomic E-state index is -0.498. The Morgan fingerprint density at radius 3 is 2.48 bits per heavy atom. The molecule has 0 aromatic heterocycles. The van der Waals surface area contributed by atoms with Gasteiger partial charge in [-0.25, -0.2) is 0 Å². The molecule has 0 saturated carbocycles. The van der Waals surface area contributed by atoms with Crippen LogP contribution >= 0.6 is 0 Å². The van der Waals surface area contributed by atoms with Crippen molar-refractivity contribution < 1.29 is 9.53 Å². The standard InChI is InChI=1S/C17H18N2O2/c18-15-10-13(17(19)20)6-8-16(15)21-14-7-5-11-3-1-2-4-12(11)9-14/h5-10H,1-4,18H2,(H2,19,20). The van der Waals surface area contributed by atoms with Crippen LogP contribution in [0.3, 0.4) is 0 Å². The average molecular weight is 282 g/mol. The molecule has 108 valence electrons. The number of primary amides is 1. The topological polar surface area (TPSA) is 78.3 Å². The largest absolute Gasteiger partial charge is 0.455 e. The molecule has 0 saturated heterocycles. The van der Waals surface area contributed by atoms with Crippen molar-refractivity contribution >= 4 is 11.6 Å². The Kier molecular flexibility index (Phi) is 3.52. The zero-order valence-corrected chi connectivity index (χ0v) is 11.8. The monoisotopic (exact) mass is 282 g/mol. The molecule has 1 amide bonds. The van der Waals surface area contributed by atoms with E-state index in [9.17, 15) is 4.79 Å². The molecule has 3 rings (SSSR count). The van der Waals surface area contributed by atoms with Crippen LogP contribution in [0.4, 0.5) is 5.69 Å². The summed E-state index contributed by atoms with van der Waals surface area (Å²) in [4.78, 5) is 11.1. The van der Waals surface area contributed by atoms with Gasteiger partial charge in [-0.3, -0.25) is 4.79 Å². The number of carbonyl (C=O) groups excluding carboxylic acids is 1. The number of aryl methyl sites for hydroxylation is 2. The summed E-state index contributed by atoms with van der Waals surface area (Å²) in [7, 11) is 0. The van der Waals surface area contributed by atoms with E-state index in [0.29, 0.717) is 17.0 Å². The molecule has 2 aromatic carbocycles. The van der Waals surface area contributed by atoms with E-state index in [-0.39, 0.29) is 0 Å². The van der Waals surface area contributed by atoms with Gasteiger partial charge in [0.1, 0.15) is 11.5 Å². The van der Waals surface area contributed by atoms with Crippen LogP contribution in [0.15, 0.2) is 36.4 Å². The van der Waals surface area contributed by atoms with Crippen molar-refractivity contribution in [1.29, 1.82) is 0 Å². The molecule has 1 aliphatic carbocycles. The average Bonchev–Trinajstić information content (AvgIpc) is 2.49. The maximum absolute atomic E-state index is 11.1. The van der Waals surface area contributed by atoms with E-state index in [2.05, 4.69) is 12.1 Å². The van der Waals surface area contributed by atoms with Gasteiger partial charge in [0, 0.05) is 5.56 Å². The van der Waals surface area contributed by atoms with E-state index in [0.717, 1.165) is 18.6 Å². The van der Waals surface area contributed by atoms with Crippen molar-refractivity contribution in [3.8, 4) is 11.5 Å². The molecule has 21 heavy (non-hydrogen) atoms. The van der Waals surface area contributed by atoms with Crippen LogP contribution in [0.2, 0.25) is 0 Å². The summed E-state index contributed by atoms with van der Waals surface area (Å²) in [5, 5.41) is 0. The Morgan fingerprint density at radius 1 is 1.00 bits per heavy atom. The highest BCUT2D eigenvalue weighted by Crippen LogP contribution is 2.31. The van der Waals surface area contributed by atoms with Crippen molar-refractivity contribution in [2.24, 2.45) is 5.73 Å². The van der Waals surface area contributed by atoms with Crippen molar-refractivity contribution in [1.82, 2.24) is 0 Å². The van der Waals surface area contributed by atoms with Crippen molar-refractivity contribution in [2.45, 2.75) is 25.7 Å². The van der Waals surface area contributed by atoms with Gasteiger partial charge in [-0.05, 0) is 67.1 Å². The number of hydrogen-bond donors (Lipinski definition) is 2. The first kappa shape index (κ1) is 13.5. The summed E-state index contributed by atoms with van der Waals surface area (Å²) < 4.78 is 5.83. The van der Waals surface area contributed by atoms with E-state index >= 15 is 0 Å². The van der Waals surface area contributed by atoms with E-state index in [1.807, 2.05) is 6.07 Å². The van der Waals surface area contributed by atoms with Gasteiger partial charge >= 0.3 is 0 Å². The fourth-order valence-electron chi connectivity index (χ4n) is 2.69. The second-order valence-electron chi connectivity index (χ2n) is 5.36. The van der Waals surface area contributed by atoms with Crippen LogP contribution in [0.5, 0.6) is 11.5 Å². The minimum Gasteiger partial charge on any atom is -0.455 e. The molecule has 2 aromatic rings. The lowest BCUT2D eigenvalue weighted by Gasteiger charge is -2.17. The van der Waals surface area contributed by atoms with Gasteiger partial charge in [0.25, 0.3) is 0 Å². The smallest absolute Gasteiger partial charge is 0.248 e. The molecule has 0 fully saturated rings. The SMILES string of the molecule is NC(=O)c1ccc(Oc2ccc3c(c2)CCCC3)c(N)c1. The van der Waals surface area contributed by atoms with Gasteiger partial charge in [0.15, 0.2) is 0 Å². The molecule has 0 unspecified atom stereocenters. The second-order valence-corrected chi connectivity index (χ2v) is 5.36. The van der Waals surface area contributed by atoms with E-state index in [4.69, 9.17) is 16.2 Å². The highest BCUT2D eigenvalue weighted by Gasteiger charge is 2.11. The molecule has 0 spiro atoms. The minimum absolute atomic E-state index is 0.380. The molecule has 4 heteroatoms. The Bertz CT molecular complexity index is 695. The Balaban J connectivity index is 1.85. The lowest BCUT2D eigenvalue weighted by molar-refractivity contribution is 0.100. The van der Waals surface area contributed by atoms with Gasteiger partial charge in [-0.1, -0.05) is 6.07 Å². The highest BCUT2D eigenvalue weighted by atomic mass is 16.5. The summed E-state index contributed by atoms with van der Waals surface area (Å²) in [5.74, 6) is 0.812. The quantitative estimate of drug-likeness (QED) is 0.849. The fraction of sp³-hybridized carbons (Fsp3) is 0.235. The van der Waals surface area contributed by atoms with E-state index in [1.54, 1.807) is 12.1 Å². The molecule has 1 aliphatic rings. The molecule has 0 aliphatic heterocycles. The zero-order chi connectivity index (χ0) is 14.8. The third kappa shape index (κ3) is 2.84. The van der Waals surface area contributed by atoms with Gasteiger partial charge in [0.2, 0.25) is 5.91 Å². The molecule has 4 nitrogen and oxygen atoms in total. The number of nitrogen functional groups attached to an aromatic ring is 1. The molecular weight excluding hydrogens is 264 g/mol. The lowest BCUT2D eigenvalue weighted by atomic mass is 9.92. The van der Waals surface area contributed by atoms with Crippen LogP contribution in [0.1, 0.15) is 34.3 Å². The maximum atomic E-state index is 11.1. The van der Waals surface area contributed by atoms with Gasteiger partial charge in [0.05, 0.1) is 5.69 Å². The number of amides is 1. The molecule has 0 bridgehead atoms. The summed E-state index contributed by atoms with van der Waals surface area (Å²) in [6.07, 6.45) is 4.73. The Labute approximate surface area is 123 Å². The number of rotatable bonds is 3. The van der Waals surface area contributed by atoms with Crippen LogP contribution in [0, 0.1) is 0 Å². The first-order chi connectivity index (χ1) is 10.1. The van der Waals surface area contributed by atoms with E-state index in [1.165, 1.54) is 30.0 Å². The van der Waals surface area contributed by atoms with E-state index < -0.39 is 5.91 Å².